The standard InChI is InChI=1S/C34H53BrFN5O3Si2/c1-34(2,42)31-28(36)18-26(19-37-31)27-20-38-41-32(27)39-30(25-16-23-9-10-24(15-23)17-25)29(35)33(41)40(21-43-11-13-45(3,4)5)22-44-12-14-46(6,7)8/h18-20,23-25,42H,9-17,21-22H2,1-8H3/t23-,24+,25?. The van der Waals surface area contributed by atoms with Crippen LogP contribution in [0.4, 0.5) is 10.2 Å². The molecule has 0 radical (unpaired) electrons. The van der Waals surface area contributed by atoms with E-state index in [1.54, 1.807) is 12.4 Å². The van der Waals surface area contributed by atoms with Crippen molar-refractivity contribution in [3.05, 3.63) is 40.1 Å². The monoisotopic (exact) mass is 733 g/mol. The van der Waals surface area contributed by atoms with Gasteiger partial charge in [-0.3, -0.25) is 4.98 Å². The highest BCUT2D eigenvalue weighted by molar-refractivity contribution is 9.10. The van der Waals surface area contributed by atoms with Crippen LogP contribution in [0.1, 0.15) is 63.3 Å². The summed E-state index contributed by atoms with van der Waals surface area (Å²) in [5.41, 5.74) is 1.56. The second-order valence-corrected chi connectivity index (χ2v) is 28.5. The molecule has 0 aliphatic heterocycles. The van der Waals surface area contributed by atoms with Crippen molar-refractivity contribution in [3.8, 4) is 11.1 Å². The van der Waals surface area contributed by atoms with Gasteiger partial charge >= 0.3 is 0 Å². The van der Waals surface area contributed by atoms with E-state index in [0.29, 0.717) is 49.4 Å². The molecule has 0 amide bonds. The Labute approximate surface area is 284 Å². The van der Waals surface area contributed by atoms with Crippen molar-refractivity contribution >= 4 is 43.5 Å². The minimum absolute atomic E-state index is 0.0135. The SMILES string of the molecule is CC(C)(O)c1ncc(-c2cnn3c(N(COCC[Si](C)(C)C)COCC[Si](C)(C)C)c(Br)c(C4C[C@H]5CC[C@@H](C4)C5)nc23)cc1F. The molecule has 2 fully saturated rings. The molecule has 1 N–H and O–H groups in total. The van der Waals surface area contributed by atoms with Gasteiger partial charge in [-0.1, -0.05) is 52.1 Å². The summed E-state index contributed by atoms with van der Waals surface area (Å²) in [6, 6.07) is 3.58. The Morgan fingerprint density at radius 3 is 2.09 bits per heavy atom. The van der Waals surface area contributed by atoms with E-state index in [2.05, 4.69) is 65.1 Å². The second kappa shape index (κ2) is 14.0. The molecule has 0 aromatic carbocycles. The van der Waals surface area contributed by atoms with Crippen molar-refractivity contribution in [3.63, 3.8) is 0 Å². The van der Waals surface area contributed by atoms with Crippen molar-refractivity contribution in [1.82, 2.24) is 19.6 Å². The summed E-state index contributed by atoms with van der Waals surface area (Å²) < 4.78 is 30.7. The first-order valence-electron chi connectivity index (χ1n) is 16.9. The van der Waals surface area contributed by atoms with Gasteiger partial charge in [0.2, 0.25) is 0 Å². The molecule has 2 aliphatic carbocycles. The van der Waals surface area contributed by atoms with Crippen LogP contribution >= 0.6 is 15.9 Å². The van der Waals surface area contributed by atoms with Crippen LogP contribution in [0.25, 0.3) is 16.8 Å². The summed E-state index contributed by atoms with van der Waals surface area (Å²) in [6.07, 6.45) is 9.51. The average Bonchev–Trinajstić information content (AvgIpc) is 3.52. The Kier molecular flexibility index (Phi) is 10.9. The summed E-state index contributed by atoms with van der Waals surface area (Å²) in [4.78, 5) is 11.7. The maximum Gasteiger partial charge on any atom is 0.165 e. The van der Waals surface area contributed by atoms with Crippen LogP contribution in [0.5, 0.6) is 0 Å². The number of pyridine rings is 1. The number of rotatable bonds is 14. The van der Waals surface area contributed by atoms with Gasteiger partial charge in [-0.2, -0.15) is 9.61 Å². The van der Waals surface area contributed by atoms with Gasteiger partial charge in [-0.05, 0) is 79.0 Å². The van der Waals surface area contributed by atoms with Gasteiger partial charge in [-0.25, -0.2) is 9.37 Å². The number of halogens is 2. The molecule has 1 unspecified atom stereocenters. The number of nitrogens with zero attached hydrogens (tertiary/aromatic N) is 5. The smallest absolute Gasteiger partial charge is 0.165 e. The lowest BCUT2D eigenvalue weighted by Gasteiger charge is -2.31. The van der Waals surface area contributed by atoms with E-state index >= 15 is 4.39 Å². The van der Waals surface area contributed by atoms with Crippen LogP contribution in [-0.2, 0) is 15.1 Å². The number of ether oxygens (including phenoxy) is 2. The molecule has 0 saturated heterocycles. The summed E-state index contributed by atoms with van der Waals surface area (Å²) in [5.74, 6) is 2.08. The van der Waals surface area contributed by atoms with Gasteiger partial charge in [-0.15, -0.1) is 0 Å². The number of hydrogen-bond acceptors (Lipinski definition) is 7. The van der Waals surface area contributed by atoms with Gasteiger partial charge in [0.25, 0.3) is 0 Å². The Morgan fingerprint density at radius 1 is 0.978 bits per heavy atom. The van der Waals surface area contributed by atoms with Crippen LogP contribution in [0.15, 0.2) is 22.9 Å². The maximum absolute atomic E-state index is 15.3. The lowest BCUT2D eigenvalue weighted by molar-refractivity contribution is 0.0695. The molecule has 3 aromatic rings. The Morgan fingerprint density at radius 2 is 1.57 bits per heavy atom. The second-order valence-electron chi connectivity index (χ2n) is 16.5. The predicted octanol–water partition coefficient (Wildman–Crippen LogP) is 8.65. The minimum Gasteiger partial charge on any atom is -0.384 e. The normalized spacial score (nSPS) is 20.5. The first-order valence-corrected chi connectivity index (χ1v) is 25.1. The highest BCUT2D eigenvalue weighted by Gasteiger charge is 2.37. The molecule has 2 saturated carbocycles. The molecule has 46 heavy (non-hydrogen) atoms. The lowest BCUT2D eigenvalue weighted by atomic mass is 9.79. The van der Waals surface area contributed by atoms with Crippen molar-refractivity contribution in [2.45, 2.75) is 109 Å². The number of aliphatic hydroxyl groups is 1. The summed E-state index contributed by atoms with van der Waals surface area (Å²) in [5, 5.41) is 15.3. The predicted molar refractivity (Wildman–Crippen MR) is 192 cm³/mol. The fourth-order valence-electron chi connectivity index (χ4n) is 6.75. The van der Waals surface area contributed by atoms with Crippen LogP contribution in [0.3, 0.4) is 0 Å². The molecule has 254 valence electrons. The topological polar surface area (TPSA) is 85.0 Å². The molecule has 3 heterocycles. The zero-order chi connectivity index (χ0) is 33.4. The molecule has 2 aliphatic rings. The van der Waals surface area contributed by atoms with Crippen molar-refractivity contribution in [2.24, 2.45) is 11.8 Å². The van der Waals surface area contributed by atoms with Gasteiger partial charge in [0.05, 0.1) is 16.4 Å². The Balaban J connectivity index is 1.58. The molecule has 3 aromatic heterocycles. The molecule has 5 rings (SSSR count). The highest BCUT2D eigenvalue weighted by atomic mass is 79.9. The van der Waals surface area contributed by atoms with E-state index in [9.17, 15) is 5.11 Å². The number of fused-ring (bicyclic) bond motifs is 3. The lowest BCUT2D eigenvalue weighted by Crippen LogP contribution is -2.34. The molecular formula is C34H53BrFN5O3Si2. The summed E-state index contributed by atoms with van der Waals surface area (Å²) >= 11 is 4.03. The van der Waals surface area contributed by atoms with Gasteiger partial charge in [0, 0.05) is 52.6 Å². The first-order chi connectivity index (χ1) is 21.5. The van der Waals surface area contributed by atoms with Crippen molar-refractivity contribution in [2.75, 3.05) is 31.6 Å². The molecule has 12 heteroatoms. The third-order valence-corrected chi connectivity index (χ3v) is 13.6. The van der Waals surface area contributed by atoms with E-state index in [-0.39, 0.29) is 5.69 Å². The van der Waals surface area contributed by atoms with Crippen LogP contribution in [-0.4, -0.2) is 67.5 Å². The van der Waals surface area contributed by atoms with Gasteiger partial charge < -0.3 is 19.5 Å². The number of aromatic nitrogens is 4. The maximum atomic E-state index is 15.3. The van der Waals surface area contributed by atoms with Crippen LogP contribution in [0, 0.1) is 17.7 Å². The Hall–Kier alpha value is -1.71. The molecule has 0 spiro atoms. The van der Waals surface area contributed by atoms with Crippen molar-refractivity contribution < 1.29 is 19.0 Å². The van der Waals surface area contributed by atoms with E-state index in [1.165, 1.54) is 39.2 Å². The fraction of sp³-hybridized carbons (Fsp3) is 0.676. The molecule has 2 bridgehead atoms. The number of anilines is 1. The van der Waals surface area contributed by atoms with Gasteiger partial charge in [0.1, 0.15) is 30.6 Å². The summed E-state index contributed by atoms with van der Waals surface area (Å²) in [7, 11) is -2.54. The largest absolute Gasteiger partial charge is 0.384 e. The Bertz CT molecular complexity index is 1480. The third kappa shape index (κ3) is 8.65. The molecular weight excluding hydrogens is 681 g/mol. The minimum atomic E-state index is -1.39. The molecule has 3 atom stereocenters. The first kappa shape index (κ1) is 35.6. The van der Waals surface area contributed by atoms with E-state index in [1.807, 2.05) is 4.52 Å². The van der Waals surface area contributed by atoms with Crippen molar-refractivity contribution in [1.29, 1.82) is 0 Å². The summed E-state index contributed by atoms with van der Waals surface area (Å²) in [6.45, 7) is 19.3. The fourth-order valence-corrected chi connectivity index (χ4v) is 9.10. The molecule has 8 nitrogen and oxygen atoms in total. The highest BCUT2D eigenvalue weighted by Crippen LogP contribution is 2.50. The third-order valence-electron chi connectivity index (χ3n) is 9.38. The van der Waals surface area contributed by atoms with E-state index in [4.69, 9.17) is 19.6 Å². The van der Waals surface area contributed by atoms with E-state index < -0.39 is 27.6 Å². The van der Waals surface area contributed by atoms with Crippen LogP contribution < -0.4 is 4.90 Å². The zero-order valence-electron chi connectivity index (χ0n) is 29.0. The van der Waals surface area contributed by atoms with E-state index in [0.717, 1.165) is 52.8 Å². The average molecular weight is 735 g/mol. The van der Waals surface area contributed by atoms with Crippen LogP contribution in [0.2, 0.25) is 51.4 Å². The number of hydrogen-bond donors (Lipinski definition) is 1. The van der Waals surface area contributed by atoms with Gasteiger partial charge in [0.15, 0.2) is 11.5 Å². The zero-order valence-corrected chi connectivity index (χ0v) is 32.6. The quantitative estimate of drug-likeness (QED) is 0.101.